The molecule has 1 aliphatic heterocycles. The van der Waals surface area contributed by atoms with Gasteiger partial charge in [0.05, 0.1) is 16.4 Å². The molecule has 2 aromatic carbocycles. The van der Waals surface area contributed by atoms with Crippen LogP contribution in [0.5, 0.6) is 0 Å². The van der Waals surface area contributed by atoms with Crippen molar-refractivity contribution in [3.8, 4) is 0 Å². The maximum atomic E-state index is 13.6. The van der Waals surface area contributed by atoms with E-state index < -0.39 is 11.8 Å². The molecule has 142 valence electrons. The predicted molar refractivity (Wildman–Crippen MR) is 113 cm³/mol. The molecule has 0 spiro atoms. The average Bonchev–Trinajstić information content (AvgIpc) is 2.98. The molecule has 1 unspecified atom stereocenters. The number of fused-ring (bicyclic) bond motifs is 1. The normalized spacial score (nSPS) is 19.7. The van der Waals surface area contributed by atoms with Gasteiger partial charge in [0.15, 0.2) is 0 Å². The highest BCUT2D eigenvalue weighted by Gasteiger charge is 2.51. The molecule has 2 amide bonds. The van der Waals surface area contributed by atoms with E-state index in [1.807, 2.05) is 56.3 Å². The number of hydrogen-bond acceptors (Lipinski definition) is 2. The van der Waals surface area contributed by atoms with E-state index in [9.17, 15) is 9.59 Å². The first-order valence-corrected chi connectivity index (χ1v) is 9.72. The lowest BCUT2D eigenvalue weighted by molar-refractivity contribution is -0.111. The number of aryl methyl sites for hydroxylation is 2. The average molecular weight is 434 g/mol. The highest BCUT2D eigenvalue weighted by atomic mass is 35.5. The summed E-state index contributed by atoms with van der Waals surface area (Å²) < 4.78 is 0. The van der Waals surface area contributed by atoms with E-state index >= 15 is 0 Å². The molecule has 1 atom stereocenters. The Morgan fingerprint density at radius 3 is 1.89 bits per heavy atom. The minimum absolute atomic E-state index is 0.0822. The first-order chi connectivity index (χ1) is 13.3. The fourth-order valence-electron chi connectivity index (χ4n) is 3.58. The number of carbonyl (C=O) groups is 2. The third-order valence-electron chi connectivity index (χ3n) is 4.96. The molecule has 0 saturated carbocycles. The minimum Gasteiger partial charge on any atom is -0.286 e. The number of halogens is 3. The fraction of sp³-hybridized carbons (Fsp3) is 0.143. The molecule has 1 saturated heterocycles. The van der Waals surface area contributed by atoms with Crippen molar-refractivity contribution in [2.75, 3.05) is 9.80 Å². The molecule has 7 heteroatoms. The zero-order chi connectivity index (χ0) is 20.2. The lowest BCUT2D eigenvalue weighted by Crippen LogP contribution is -2.36. The van der Waals surface area contributed by atoms with Gasteiger partial charge in [-0.3, -0.25) is 14.6 Å². The molecule has 0 aromatic heterocycles. The second-order valence-corrected chi connectivity index (χ2v) is 7.82. The van der Waals surface area contributed by atoms with E-state index in [0.717, 1.165) is 11.1 Å². The Morgan fingerprint density at radius 1 is 0.786 bits per heavy atom. The van der Waals surface area contributed by atoms with Crippen LogP contribution >= 0.6 is 34.8 Å². The van der Waals surface area contributed by atoms with Gasteiger partial charge in [-0.25, -0.2) is 4.79 Å². The van der Waals surface area contributed by atoms with Crippen molar-refractivity contribution < 1.29 is 9.59 Å². The van der Waals surface area contributed by atoms with Gasteiger partial charge in [-0.1, -0.05) is 71.2 Å². The van der Waals surface area contributed by atoms with E-state index in [2.05, 4.69) is 0 Å². The summed E-state index contributed by atoms with van der Waals surface area (Å²) in [5.74, 6) is -0.586. The van der Waals surface area contributed by atoms with Crippen LogP contribution < -0.4 is 9.80 Å². The second kappa shape index (κ2) is 6.96. The summed E-state index contributed by atoms with van der Waals surface area (Å²) in [4.78, 5) is 29.1. The van der Waals surface area contributed by atoms with Crippen LogP contribution in [-0.4, -0.2) is 17.9 Å². The van der Waals surface area contributed by atoms with Gasteiger partial charge >= 0.3 is 6.03 Å². The van der Waals surface area contributed by atoms with Gasteiger partial charge < -0.3 is 0 Å². The predicted octanol–water partition coefficient (Wildman–Crippen LogP) is 5.84. The molecular weight excluding hydrogens is 419 g/mol. The summed E-state index contributed by atoms with van der Waals surface area (Å²) in [6.07, 6.45) is 0. The van der Waals surface area contributed by atoms with Crippen LogP contribution in [0, 0.1) is 13.8 Å². The molecule has 4 nitrogen and oxygen atoms in total. The third kappa shape index (κ3) is 2.67. The SMILES string of the molecule is Cc1ccccc1N1C(=O)N(c2ccccc2C)C2C(Cl)=C(Cl)C(=O)C(Cl)=C21. The van der Waals surface area contributed by atoms with E-state index in [-0.39, 0.29) is 21.1 Å². The number of benzene rings is 2. The zero-order valence-electron chi connectivity index (χ0n) is 15.0. The summed E-state index contributed by atoms with van der Waals surface area (Å²) in [5.41, 5.74) is 3.38. The number of hydrogen-bond donors (Lipinski definition) is 0. The Kier molecular flexibility index (Phi) is 4.74. The standard InChI is InChI=1S/C21H15Cl3N2O2/c1-11-7-3-5-9-13(11)25-18-15(22)16(23)20(27)17(24)19(18)26(21(25)28)14-10-6-4-8-12(14)2/h3-10,18H,1-2H3. The largest absolute Gasteiger partial charge is 0.334 e. The number of ketones is 1. The van der Waals surface area contributed by atoms with Gasteiger partial charge in [-0.15, -0.1) is 0 Å². The molecule has 1 heterocycles. The number of rotatable bonds is 2. The quantitative estimate of drug-likeness (QED) is 0.597. The van der Waals surface area contributed by atoms with Crippen LogP contribution in [0.3, 0.4) is 0 Å². The second-order valence-electron chi connectivity index (χ2n) is 6.65. The molecule has 2 aromatic rings. The summed E-state index contributed by atoms with van der Waals surface area (Å²) in [5, 5.41) is -0.190. The van der Waals surface area contributed by atoms with Crippen molar-refractivity contribution in [3.05, 3.63) is 80.5 Å². The third-order valence-corrected chi connectivity index (χ3v) is 6.19. The number of allylic oxidation sites excluding steroid dienone is 2. The number of para-hydroxylation sites is 2. The molecule has 0 bridgehead atoms. The lowest BCUT2D eigenvalue weighted by atomic mass is 10.0. The van der Waals surface area contributed by atoms with E-state index in [4.69, 9.17) is 34.8 Å². The van der Waals surface area contributed by atoms with Gasteiger partial charge in [-0.2, -0.15) is 0 Å². The Balaban J connectivity index is 2.01. The number of carbonyl (C=O) groups excluding carboxylic acids is 2. The van der Waals surface area contributed by atoms with Crippen LogP contribution in [0.4, 0.5) is 16.2 Å². The Morgan fingerprint density at radius 2 is 1.32 bits per heavy atom. The van der Waals surface area contributed by atoms with Gasteiger partial charge in [0.2, 0.25) is 5.78 Å². The highest BCUT2D eigenvalue weighted by molar-refractivity contribution is 6.59. The van der Waals surface area contributed by atoms with Crippen molar-refractivity contribution in [3.63, 3.8) is 0 Å². The van der Waals surface area contributed by atoms with Crippen molar-refractivity contribution in [1.29, 1.82) is 0 Å². The number of amides is 2. The number of nitrogens with zero attached hydrogens (tertiary/aromatic N) is 2. The van der Waals surface area contributed by atoms with Crippen LogP contribution in [0.2, 0.25) is 0 Å². The van der Waals surface area contributed by atoms with Gasteiger partial charge in [0.25, 0.3) is 0 Å². The van der Waals surface area contributed by atoms with Crippen LogP contribution in [0.25, 0.3) is 0 Å². The molecular formula is C21H15Cl3N2O2. The summed E-state index contributed by atoms with van der Waals surface area (Å²) in [6, 6.07) is 13.7. The van der Waals surface area contributed by atoms with Gasteiger partial charge in [0.1, 0.15) is 16.1 Å². The molecule has 1 fully saturated rings. The Labute approximate surface area is 177 Å². The highest BCUT2D eigenvalue weighted by Crippen LogP contribution is 2.47. The van der Waals surface area contributed by atoms with Crippen LogP contribution in [0.15, 0.2) is 69.3 Å². The Bertz CT molecular complexity index is 1090. The summed E-state index contributed by atoms with van der Waals surface area (Å²) >= 11 is 19.1. The number of urea groups is 1. The van der Waals surface area contributed by atoms with E-state index in [1.165, 1.54) is 9.80 Å². The first-order valence-electron chi connectivity index (χ1n) is 8.58. The smallest absolute Gasteiger partial charge is 0.286 e. The monoisotopic (exact) mass is 432 g/mol. The summed E-state index contributed by atoms with van der Waals surface area (Å²) in [7, 11) is 0. The minimum atomic E-state index is -0.771. The molecule has 1 aliphatic carbocycles. The van der Waals surface area contributed by atoms with E-state index in [0.29, 0.717) is 17.1 Å². The van der Waals surface area contributed by atoms with E-state index in [1.54, 1.807) is 6.07 Å². The molecule has 4 rings (SSSR count). The number of anilines is 2. The first kappa shape index (κ1) is 19.1. The van der Waals surface area contributed by atoms with Crippen molar-refractivity contribution in [2.24, 2.45) is 0 Å². The van der Waals surface area contributed by atoms with Crippen molar-refractivity contribution >= 4 is 58.0 Å². The van der Waals surface area contributed by atoms with Gasteiger partial charge in [0, 0.05) is 5.69 Å². The molecule has 28 heavy (non-hydrogen) atoms. The molecule has 2 aliphatic rings. The van der Waals surface area contributed by atoms with Gasteiger partial charge in [-0.05, 0) is 37.1 Å². The van der Waals surface area contributed by atoms with Crippen LogP contribution in [0.1, 0.15) is 11.1 Å². The van der Waals surface area contributed by atoms with Crippen LogP contribution in [-0.2, 0) is 4.79 Å². The topological polar surface area (TPSA) is 40.6 Å². The Hall–Kier alpha value is -2.27. The fourth-order valence-corrected chi connectivity index (χ4v) is 4.40. The molecule has 0 radical (unpaired) electrons. The van der Waals surface area contributed by atoms with Crippen molar-refractivity contribution in [1.82, 2.24) is 0 Å². The maximum Gasteiger partial charge on any atom is 0.334 e. The molecule has 0 N–H and O–H groups in total. The number of Topliss-reactive ketones (excluding diaryl/α,β-unsaturated/α-hetero) is 1. The zero-order valence-corrected chi connectivity index (χ0v) is 17.3. The summed E-state index contributed by atoms with van der Waals surface area (Å²) in [6.45, 7) is 3.79. The maximum absolute atomic E-state index is 13.6. The lowest BCUT2D eigenvalue weighted by Gasteiger charge is -2.27. The van der Waals surface area contributed by atoms with Crippen molar-refractivity contribution in [2.45, 2.75) is 19.9 Å².